The molecule has 0 fully saturated rings. The number of aliphatic hydroxyl groups excluding tert-OH is 1. The molecule has 0 radical (unpaired) electrons. The first kappa shape index (κ1) is 17.5. The molecule has 0 bridgehead atoms. The van der Waals surface area contributed by atoms with Crippen LogP contribution in [0.2, 0.25) is 0 Å². The minimum absolute atomic E-state index is 0.111. The number of aliphatic hydroxyl groups is 1. The van der Waals surface area contributed by atoms with Gasteiger partial charge in [0.25, 0.3) is 0 Å². The van der Waals surface area contributed by atoms with E-state index < -0.39 is 5.79 Å². The van der Waals surface area contributed by atoms with E-state index in [2.05, 4.69) is 15.0 Å². The fraction of sp³-hybridized carbons (Fsp3) is 0.643. The number of ether oxygens (including phenoxy) is 3. The van der Waals surface area contributed by atoms with Crippen molar-refractivity contribution in [2.45, 2.75) is 38.9 Å². The van der Waals surface area contributed by atoms with E-state index >= 15 is 0 Å². The van der Waals surface area contributed by atoms with E-state index in [0.717, 1.165) is 0 Å². The highest BCUT2D eigenvalue weighted by Crippen LogP contribution is 2.15. The second kappa shape index (κ2) is 7.64. The largest absolute Gasteiger partial charge is 0.394 e. The summed E-state index contributed by atoms with van der Waals surface area (Å²) in [6.45, 7) is 4.14. The zero-order chi connectivity index (χ0) is 16.9. The summed E-state index contributed by atoms with van der Waals surface area (Å²) in [7, 11) is 1.58. The highest BCUT2D eigenvalue weighted by Gasteiger charge is 2.18. The molecule has 2 aromatic heterocycles. The number of nitrogens with two attached hydrogens (primary N) is 1. The molecule has 0 spiro atoms. The van der Waals surface area contributed by atoms with Gasteiger partial charge in [0.05, 0.1) is 25.6 Å². The quantitative estimate of drug-likeness (QED) is 0.641. The molecule has 0 aliphatic heterocycles. The number of hydrogen-bond donors (Lipinski definition) is 2. The molecule has 0 saturated heterocycles. The highest BCUT2D eigenvalue weighted by atomic mass is 16.7. The standard InChI is InChI=1S/C14H23N5O4/c1-14(2,21-3)23-5-4-10(6-20)22-9-19-8-18-11-12(15)16-7-17-13(11)19/h7-8,10,20H,4-6,9H2,1-3H3,(H2,15,16,17)/t10-/m0/s1. The Bertz CT molecular complexity index is 631. The molecule has 0 amide bonds. The number of anilines is 1. The smallest absolute Gasteiger partial charge is 0.167 e. The second-order valence-electron chi connectivity index (χ2n) is 5.49. The van der Waals surface area contributed by atoms with Crippen molar-refractivity contribution in [3.05, 3.63) is 12.7 Å². The molecule has 128 valence electrons. The molecule has 0 unspecified atom stereocenters. The van der Waals surface area contributed by atoms with Crippen molar-refractivity contribution in [3.63, 3.8) is 0 Å². The summed E-state index contributed by atoms with van der Waals surface area (Å²) in [4.78, 5) is 12.2. The zero-order valence-electron chi connectivity index (χ0n) is 13.6. The molecule has 23 heavy (non-hydrogen) atoms. The van der Waals surface area contributed by atoms with Gasteiger partial charge in [-0.15, -0.1) is 0 Å². The first-order chi connectivity index (χ1) is 11.0. The lowest BCUT2D eigenvalue weighted by Crippen LogP contribution is -2.29. The van der Waals surface area contributed by atoms with Gasteiger partial charge in [0.2, 0.25) is 0 Å². The molecule has 9 nitrogen and oxygen atoms in total. The normalized spacial score (nSPS) is 13.6. The molecule has 3 N–H and O–H groups in total. The van der Waals surface area contributed by atoms with Crippen molar-refractivity contribution in [3.8, 4) is 0 Å². The van der Waals surface area contributed by atoms with Gasteiger partial charge >= 0.3 is 0 Å². The third-order valence-corrected chi connectivity index (χ3v) is 3.46. The predicted octanol–water partition coefficient (Wildman–Crippen LogP) is 0.533. The SMILES string of the molecule is COC(C)(C)OCC[C@@H](CO)OCn1cnc2c(N)ncnc21. The van der Waals surface area contributed by atoms with Crippen LogP contribution in [0.25, 0.3) is 11.2 Å². The van der Waals surface area contributed by atoms with Crippen molar-refractivity contribution >= 4 is 17.0 Å². The van der Waals surface area contributed by atoms with Gasteiger partial charge in [-0.1, -0.05) is 0 Å². The molecule has 0 aromatic carbocycles. The molecule has 0 aliphatic carbocycles. The number of imidazole rings is 1. The summed E-state index contributed by atoms with van der Waals surface area (Å²) in [5.74, 6) is -0.336. The summed E-state index contributed by atoms with van der Waals surface area (Å²) in [6.07, 6.45) is 3.13. The van der Waals surface area contributed by atoms with Gasteiger partial charge in [-0.3, -0.25) is 4.57 Å². The lowest BCUT2D eigenvalue weighted by Gasteiger charge is -2.24. The molecule has 0 saturated carbocycles. The van der Waals surface area contributed by atoms with Crippen molar-refractivity contribution in [2.75, 3.05) is 26.1 Å². The van der Waals surface area contributed by atoms with Crippen LogP contribution in [0.3, 0.4) is 0 Å². The first-order valence-corrected chi connectivity index (χ1v) is 7.29. The minimum atomic E-state index is -0.658. The fourth-order valence-electron chi connectivity index (χ4n) is 1.90. The summed E-state index contributed by atoms with van der Waals surface area (Å²) >= 11 is 0. The van der Waals surface area contributed by atoms with Crippen LogP contribution in [-0.2, 0) is 20.9 Å². The van der Waals surface area contributed by atoms with Crippen LogP contribution < -0.4 is 5.73 Å². The lowest BCUT2D eigenvalue weighted by atomic mass is 10.3. The Morgan fingerprint density at radius 2 is 2.13 bits per heavy atom. The maximum atomic E-state index is 9.42. The number of hydrogen-bond acceptors (Lipinski definition) is 8. The third-order valence-electron chi connectivity index (χ3n) is 3.46. The fourth-order valence-corrected chi connectivity index (χ4v) is 1.90. The predicted molar refractivity (Wildman–Crippen MR) is 83.4 cm³/mol. The Morgan fingerprint density at radius 1 is 1.35 bits per heavy atom. The summed E-state index contributed by atoms with van der Waals surface area (Å²) < 4.78 is 18.1. The van der Waals surface area contributed by atoms with Crippen LogP contribution in [0.5, 0.6) is 0 Å². The van der Waals surface area contributed by atoms with Crippen LogP contribution in [-0.4, -0.2) is 56.8 Å². The van der Waals surface area contributed by atoms with E-state index in [1.807, 2.05) is 13.8 Å². The van der Waals surface area contributed by atoms with Crippen LogP contribution >= 0.6 is 0 Å². The van der Waals surface area contributed by atoms with Gasteiger partial charge in [-0.05, 0) is 20.3 Å². The van der Waals surface area contributed by atoms with Gasteiger partial charge < -0.3 is 25.1 Å². The molecule has 2 aromatic rings. The summed E-state index contributed by atoms with van der Waals surface area (Å²) in [5, 5.41) is 9.42. The average Bonchev–Trinajstić information content (AvgIpc) is 2.95. The first-order valence-electron chi connectivity index (χ1n) is 7.29. The van der Waals surface area contributed by atoms with Gasteiger partial charge in [0.1, 0.15) is 18.6 Å². The Kier molecular flexibility index (Phi) is 5.83. The van der Waals surface area contributed by atoms with E-state index in [9.17, 15) is 5.11 Å². The topological polar surface area (TPSA) is 118 Å². The number of methoxy groups -OCH3 is 1. The van der Waals surface area contributed by atoms with E-state index in [1.165, 1.54) is 6.33 Å². The maximum Gasteiger partial charge on any atom is 0.167 e. The Hall–Kier alpha value is -1.81. The molecule has 2 heterocycles. The molecule has 9 heteroatoms. The molecule has 2 rings (SSSR count). The van der Waals surface area contributed by atoms with Gasteiger partial charge in [-0.2, -0.15) is 0 Å². The maximum absolute atomic E-state index is 9.42. The number of rotatable bonds is 9. The lowest BCUT2D eigenvalue weighted by molar-refractivity contribution is -0.202. The number of fused-ring (bicyclic) bond motifs is 1. The number of aromatic nitrogens is 4. The van der Waals surface area contributed by atoms with Crippen molar-refractivity contribution in [1.82, 2.24) is 19.5 Å². The van der Waals surface area contributed by atoms with Crippen LogP contribution in [0.4, 0.5) is 5.82 Å². The van der Waals surface area contributed by atoms with Gasteiger partial charge in [0.15, 0.2) is 17.3 Å². The minimum Gasteiger partial charge on any atom is -0.394 e. The monoisotopic (exact) mass is 325 g/mol. The Balaban J connectivity index is 1.88. The molecular weight excluding hydrogens is 302 g/mol. The number of nitrogens with zero attached hydrogens (tertiary/aromatic N) is 4. The van der Waals surface area contributed by atoms with E-state index in [1.54, 1.807) is 18.0 Å². The molecule has 1 atom stereocenters. The molecular formula is C14H23N5O4. The van der Waals surface area contributed by atoms with E-state index in [-0.39, 0.29) is 19.4 Å². The van der Waals surface area contributed by atoms with Crippen molar-refractivity contribution < 1.29 is 19.3 Å². The van der Waals surface area contributed by atoms with Crippen molar-refractivity contribution in [2.24, 2.45) is 0 Å². The van der Waals surface area contributed by atoms with Crippen LogP contribution in [0.15, 0.2) is 12.7 Å². The van der Waals surface area contributed by atoms with E-state index in [0.29, 0.717) is 30.0 Å². The van der Waals surface area contributed by atoms with Crippen LogP contribution in [0, 0.1) is 0 Å². The Morgan fingerprint density at radius 3 is 2.83 bits per heavy atom. The van der Waals surface area contributed by atoms with Crippen LogP contribution in [0.1, 0.15) is 20.3 Å². The summed E-state index contributed by atoms with van der Waals surface area (Å²) in [6, 6.07) is 0. The molecule has 0 aliphatic rings. The third kappa shape index (κ3) is 4.58. The van der Waals surface area contributed by atoms with Gasteiger partial charge in [0, 0.05) is 7.11 Å². The van der Waals surface area contributed by atoms with Crippen molar-refractivity contribution in [1.29, 1.82) is 0 Å². The second-order valence-corrected chi connectivity index (χ2v) is 5.49. The Labute approximate surface area is 134 Å². The van der Waals surface area contributed by atoms with E-state index in [4.69, 9.17) is 19.9 Å². The van der Waals surface area contributed by atoms with Gasteiger partial charge in [-0.25, -0.2) is 15.0 Å². The highest BCUT2D eigenvalue weighted by molar-refractivity contribution is 5.80. The average molecular weight is 325 g/mol. The zero-order valence-corrected chi connectivity index (χ0v) is 13.6. The summed E-state index contributed by atoms with van der Waals surface area (Å²) in [5.41, 5.74) is 6.85. The number of nitrogen functional groups attached to an aromatic ring is 1.